The van der Waals surface area contributed by atoms with Crippen molar-refractivity contribution in [3.05, 3.63) is 70.1 Å². The van der Waals surface area contributed by atoms with E-state index in [4.69, 9.17) is 9.15 Å². The molecule has 0 spiro atoms. The number of nitrogens with zero attached hydrogens (tertiary/aromatic N) is 2. The Morgan fingerprint density at radius 1 is 1.23 bits per heavy atom. The van der Waals surface area contributed by atoms with E-state index >= 15 is 0 Å². The van der Waals surface area contributed by atoms with Gasteiger partial charge in [0.15, 0.2) is 0 Å². The topological polar surface area (TPSA) is 78.4 Å². The van der Waals surface area contributed by atoms with Crippen molar-refractivity contribution in [2.24, 2.45) is 0 Å². The van der Waals surface area contributed by atoms with Crippen LogP contribution in [0.15, 0.2) is 57.8 Å². The molecule has 0 radical (unpaired) electrons. The third-order valence-electron chi connectivity index (χ3n) is 3.86. The first-order valence-electron chi connectivity index (χ1n) is 8.05. The Kier molecular flexibility index (Phi) is 5.58. The highest BCUT2D eigenvalue weighted by atomic mass is 32.2. The molecule has 0 aliphatic rings. The summed E-state index contributed by atoms with van der Waals surface area (Å²) in [7, 11) is 0. The van der Waals surface area contributed by atoms with Crippen LogP contribution in [0, 0.1) is 17.0 Å². The van der Waals surface area contributed by atoms with Gasteiger partial charge < -0.3 is 9.15 Å². The molecule has 26 heavy (non-hydrogen) atoms. The lowest BCUT2D eigenvalue weighted by molar-refractivity contribution is -0.384. The minimum absolute atomic E-state index is 0.0433. The predicted molar refractivity (Wildman–Crippen MR) is 101 cm³/mol. The molecule has 2 aromatic carbocycles. The van der Waals surface area contributed by atoms with Crippen LogP contribution in [0.4, 0.5) is 5.69 Å². The van der Waals surface area contributed by atoms with Crippen molar-refractivity contribution < 1.29 is 14.1 Å². The quantitative estimate of drug-likeness (QED) is 0.334. The van der Waals surface area contributed by atoms with Crippen LogP contribution in [0.2, 0.25) is 0 Å². The number of nitro benzene ring substituents is 1. The summed E-state index contributed by atoms with van der Waals surface area (Å²) in [6, 6.07) is 14.1. The van der Waals surface area contributed by atoms with Gasteiger partial charge in [0.2, 0.25) is 5.89 Å². The van der Waals surface area contributed by atoms with Gasteiger partial charge in [-0.1, -0.05) is 6.07 Å². The number of hydrogen-bond acceptors (Lipinski definition) is 6. The van der Waals surface area contributed by atoms with Crippen molar-refractivity contribution in [3.63, 3.8) is 0 Å². The fraction of sp³-hybridized carbons (Fsp3) is 0.211. The van der Waals surface area contributed by atoms with Gasteiger partial charge in [0, 0.05) is 29.0 Å². The maximum atomic E-state index is 10.7. The van der Waals surface area contributed by atoms with Gasteiger partial charge in [0.25, 0.3) is 5.69 Å². The van der Waals surface area contributed by atoms with Crippen LogP contribution in [0.25, 0.3) is 11.5 Å². The van der Waals surface area contributed by atoms with Gasteiger partial charge in [-0.15, -0.1) is 11.8 Å². The van der Waals surface area contributed by atoms with E-state index in [1.165, 1.54) is 12.1 Å². The molecule has 3 rings (SSSR count). The van der Waals surface area contributed by atoms with Crippen LogP contribution in [0.3, 0.4) is 0 Å². The average Bonchev–Trinajstić information content (AvgIpc) is 3.03. The molecule has 1 aromatic heterocycles. The minimum Gasteiger partial charge on any atom is -0.493 e. The minimum atomic E-state index is -0.434. The van der Waals surface area contributed by atoms with Crippen LogP contribution in [-0.2, 0) is 6.42 Å². The highest BCUT2D eigenvalue weighted by Gasteiger charge is 2.12. The fourth-order valence-corrected chi connectivity index (χ4v) is 2.93. The predicted octanol–water partition coefficient (Wildman–Crippen LogP) is 4.90. The molecule has 134 valence electrons. The summed E-state index contributed by atoms with van der Waals surface area (Å²) in [5, 5.41) is 10.7. The molecule has 0 aliphatic heterocycles. The van der Waals surface area contributed by atoms with Crippen molar-refractivity contribution in [2.45, 2.75) is 18.2 Å². The highest BCUT2D eigenvalue weighted by molar-refractivity contribution is 7.98. The maximum Gasteiger partial charge on any atom is 0.269 e. The van der Waals surface area contributed by atoms with E-state index in [0.717, 1.165) is 21.9 Å². The summed E-state index contributed by atoms with van der Waals surface area (Å²) in [6.45, 7) is 2.30. The van der Waals surface area contributed by atoms with Crippen molar-refractivity contribution >= 4 is 17.4 Å². The number of oxazole rings is 1. The second kappa shape index (κ2) is 8.05. The molecule has 7 heteroatoms. The fourth-order valence-electron chi connectivity index (χ4n) is 2.47. The van der Waals surface area contributed by atoms with Gasteiger partial charge in [-0.25, -0.2) is 4.98 Å². The zero-order valence-corrected chi connectivity index (χ0v) is 15.3. The first kappa shape index (κ1) is 18.0. The average molecular weight is 370 g/mol. The lowest BCUT2D eigenvalue weighted by atomic mass is 10.2. The second-order valence-corrected chi connectivity index (χ2v) is 6.48. The number of aryl methyl sites for hydroxylation is 1. The molecule has 0 aliphatic carbocycles. The number of thioether (sulfide) groups is 1. The number of rotatable bonds is 7. The Balaban J connectivity index is 1.63. The molecule has 0 atom stereocenters. The zero-order valence-electron chi connectivity index (χ0n) is 14.5. The normalized spacial score (nSPS) is 10.7. The van der Waals surface area contributed by atoms with Crippen molar-refractivity contribution in [1.29, 1.82) is 0 Å². The first-order valence-corrected chi connectivity index (χ1v) is 9.27. The number of aromatic nitrogens is 1. The van der Waals surface area contributed by atoms with E-state index in [2.05, 4.69) is 4.98 Å². The van der Waals surface area contributed by atoms with E-state index < -0.39 is 4.92 Å². The van der Waals surface area contributed by atoms with Crippen molar-refractivity contribution in [2.75, 3.05) is 12.9 Å². The number of nitro groups is 1. The summed E-state index contributed by atoms with van der Waals surface area (Å²) in [4.78, 5) is 16.0. The Bertz CT molecular complexity index is 906. The summed E-state index contributed by atoms with van der Waals surface area (Å²) in [5.74, 6) is 1.95. The van der Waals surface area contributed by atoms with Crippen molar-refractivity contribution in [1.82, 2.24) is 4.98 Å². The number of ether oxygens (including phenoxy) is 1. The molecule has 0 N–H and O–H groups in total. The second-order valence-electron chi connectivity index (χ2n) is 5.60. The van der Waals surface area contributed by atoms with Crippen LogP contribution in [0.1, 0.15) is 11.5 Å². The first-order chi connectivity index (χ1) is 12.6. The smallest absolute Gasteiger partial charge is 0.269 e. The number of hydrogen-bond donors (Lipinski definition) is 0. The molecule has 0 unspecified atom stereocenters. The molecule has 6 nitrogen and oxygen atoms in total. The highest BCUT2D eigenvalue weighted by Crippen LogP contribution is 2.26. The van der Waals surface area contributed by atoms with Gasteiger partial charge in [0.05, 0.1) is 17.2 Å². The molecular formula is C19H18N2O4S. The third kappa shape index (κ3) is 4.23. The van der Waals surface area contributed by atoms with E-state index in [0.29, 0.717) is 24.7 Å². The van der Waals surface area contributed by atoms with Gasteiger partial charge in [0.1, 0.15) is 11.5 Å². The Morgan fingerprint density at radius 2 is 2.00 bits per heavy atom. The SMILES string of the molecule is CSc1cccc(-c2nc(CCOc3ccc([N+](=O)[O-])cc3)c(C)o2)c1. The lowest BCUT2D eigenvalue weighted by Crippen LogP contribution is -2.02. The lowest BCUT2D eigenvalue weighted by Gasteiger charge is -2.04. The molecule has 0 saturated heterocycles. The zero-order chi connectivity index (χ0) is 18.5. The summed E-state index contributed by atoms with van der Waals surface area (Å²) in [5.41, 5.74) is 1.83. The standard InChI is InChI=1S/C19H18N2O4S/c1-13-18(10-11-24-16-8-6-15(7-9-16)21(22)23)20-19(25-13)14-4-3-5-17(12-14)26-2/h3-9,12H,10-11H2,1-2H3. The summed E-state index contributed by atoms with van der Waals surface area (Å²) in [6.07, 6.45) is 2.62. The van der Waals surface area contributed by atoms with E-state index in [1.54, 1.807) is 23.9 Å². The number of non-ortho nitro benzene ring substituents is 1. The maximum absolute atomic E-state index is 10.7. The van der Waals surface area contributed by atoms with E-state index in [-0.39, 0.29) is 5.69 Å². The molecule has 1 heterocycles. The Labute approximate surface area is 155 Å². The third-order valence-corrected chi connectivity index (χ3v) is 4.59. The molecule has 3 aromatic rings. The van der Waals surface area contributed by atoms with Crippen LogP contribution < -0.4 is 4.74 Å². The Hall–Kier alpha value is -2.80. The van der Waals surface area contributed by atoms with Crippen LogP contribution in [0.5, 0.6) is 5.75 Å². The largest absolute Gasteiger partial charge is 0.493 e. The monoisotopic (exact) mass is 370 g/mol. The molecule has 0 bridgehead atoms. The van der Waals surface area contributed by atoms with Gasteiger partial charge in [-0.05, 0) is 43.5 Å². The Morgan fingerprint density at radius 3 is 2.69 bits per heavy atom. The molecular weight excluding hydrogens is 352 g/mol. The van der Waals surface area contributed by atoms with Gasteiger partial charge >= 0.3 is 0 Å². The molecule has 0 amide bonds. The summed E-state index contributed by atoms with van der Waals surface area (Å²) >= 11 is 1.67. The van der Waals surface area contributed by atoms with E-state index in [9.17, 15) is 10.1 Å². The van der Waals surface area contributed by atoms with Crippen LogP contribution in [-0.4, -0.2) is 22.8 Å². The van der Waals surface area contributed by atoms with Crippen molar-refractivity contribution in [3.8, 4) is 17.2 Å². The number of benzene rings is 2. The van der Waals surface area contributed by atoms with Gasteiger partial charge in [-0.2, -0.15) is 0 Å². The summed E-state index contributed by atoms with van der Waals surface area (Å²) < 4.78 is 11.4. The van der Waals surface area contributed by atoms with E-state index in [1.807, 2.05) is 37.4 Å². The van der Waals surface area contributed by atoms with Crippen LogP contribution >= 0.6 is 11.8 Å². The van der Waals surface area contributed by atoms with Gasteiger partial charge in [-0.3, -0.25) is 10.1 Å². The molecule has 0 fully saturated rings. The molecule has 0 saturated carbocycles.